The average Bonchev–Trinajstić information content (AvgIpc) is 1.65. The molecule has 6 heavy (non-hydrogen) atoms. The Morgan fingerprint density at radius 2 is 1.67 bits per heavy atom. The zero-order valence-corrected chi connectivity index (χ0v) is 5.86. The molecule has 2 atom stereocenters. The van der Waals surface area contributed by atoms with Crippen molar-refractivity contribution in [1.82, 2.24) is 0 Å². The smallest absolute Gasteiger partial charge is 0.161 e. The van der Waals surface area contributed by atoms with Crippen LogP contribution in [0.1, 0.15) is 6.92 Å². The first-order valence-electron chi connectivity index (χ1n) is 1.52. The van der Waals surface area contributed by atoms with Crippen LogP contribution in [0, 0.1) is 0 Å². The molecule has 0 heterocycles. The molecule has 38 valence electrons. The van der Waals surface area contributed by atoms with Crippen molar-refractivity contribution in [2.45, 2.75) is 13.2 Å². The molecule has 0 aromatic carbocycles. The number of rotatable bonds is 2. The van der Waals surface area contributed by atoms with E-state index in [1.54, 1.807) is 6.92 Å². The first-order valence-corrected chi connectivity index (χ1v) is 2.46. The molecule has 0 radical (unpaired) electrons. The molecule has 0 spiro atoms. The first kappa shape index (κ1) is 6.78. The van der Waals surface area contributed by atoms with Gasteiger partial charge in [0.05, 0.1) is 0 Å². The highest BCUT2D eigenvalue weighted by Crippen LogP contribution is 2.01. The quantitative estimate of drug-likeness (QED) is 0.405. The van der Waals surface area contributed by atoms with Gasteiger partial charge in [-0.25, -0.2) is 0 Å². The summed E-state index contributed by atoms with van der Waals surface area (Å²) in [5.74, 6) is 0. The molecule has 2 nitrogen and oxygen atoms in total. The Balaban J connectivity index is 2.75. The predicted octanol–water partition coefficient (Wildman–Crippen LogP) is 0.946. The Bertz CT molecular complexity index is 28.7. The standard InChI is InChI=1S/C2H8O2P2/c1-2(3-5)4-6/h2H,5-6H2,1H3. The van der Waals surface area contributed by atoms with E-state index in [9.17, 15) is 0 Å². The van der Waals surface area contributed by atoms with Gasteiger partial charge >= 0.3 is 0 Å². The molecule has 0 fully saturated rings. The summed E-state index contributed by atoms with van der Waals surface area (Å²) in [6.45, 7) is 1.79. The van der Waals surface area contributed by atoms with E-state index >= 15 is 0 Å². The lowest BCUT2D eigenvalue weighted by molar-refractivity contribution is 0.0576. The van der Waals surface area contributed by atoms with Crippen LogP contribution in [0.5, 0.6) is 0 Å². The van der Waals surface area contributed by atoms with Crippen LogP contribution in [0.4, 0.5) is 0 Å². The van der Waals surface area contributed by atoms with Gasteiger partial charge in [-0.15, -0.1) is 0 Å². The summed E-state index contributed by atoms with van der Waals surface area (Å²) >= 11 is 0. The highest BCUT2D eigenvalue weighted by molar-refractivity contribution is 7.10. The molecular weight excluding hydrogens is 118 g/mol. The fourth-order valence-corrected chi connectivity index (χ4v) is 0.289. The monoisotopic (exact) mass is 126 g/mol. The van der Waals surface area contributed by atoms with Crippen molar-refractivity contribution in [1.29, 1.82) is 0 Å². The summed E-state index contributed by atoms with van der Waals surface area (Å²) in [6, 6.07) is 0. The summed E-state index contributed by atoms with van der Waals surface area (Å²) < 4.78 is 9.15. The maximum atomic E-state index is 4.57. The van der Waals surface area contributed by atoms with Crippen LogP contribution in [0.25, 0.3) is 0 Å². The van der Waals surface area contributed by atoms with Gasteiger partial charge in [-0.1, -0.05) is 0 Å². The van der Waals surface area contributed by atoms with Crippen LogP contribution >= 0.6 is 18.9 Å². The van der Waals surface area contributed by atoms with Crippen molar-refractivity contribution in [2.75, 3.05) is 0 Å². The van der Waals surface area contributed by atoms with Crippen LogP contribution < -0.4 is 0 Å². The molecule has 0 N–H and O–H groups in total. The second-order valence-electron chi connectivity index (χ2n) is 0.840. The fourth-order valence-electron chi connectivity index (χ4n) is 0.0321. The Hall–Kier alpha value is 0.780. The van der Waals surface area contributed by atoms with Gasteiger partial charge in [0.1, 0.15) is 0 Å². The zero-order valence-electron chi connectivity index (χ0n) is 3.55. The normalized spacial score (nSPS) is 10.0. The third kappa shape index (κ3) is 2.99. The summed E-state index contributed by atoms with van der Waals surface area (Å²) in [5, 5.41) is 0. The van der Waals surface area contributed by atoms with Gasteiger partial charge in [0.15, 0.2) is 6.29 Å². The highest BCUT2D eigenvalue weighted by atomic mass is 31.0. The van der Waals surface area contributed by atoms with E-state index < -0.39 is 0 Å². The Kier molecular flexibility index (Phi) is 4.47. The van der Waals surface area contributed by atoms with Gasteiger partial charge < -0.3 is 9.05 Å². The fraction of sp³-hybridized carbons (Fsp3) is 1.00. The molecule has 0 aliphatic carbocycles. The molecular formula is C2H8O2P2. The number of hydrogen-bond acceptors (Lipinski definition) is 2. The van der Waals surface area contributed by atoms with Crippen molar-refractivity contribution in [3.8, 4) is 0 Å². The van der Waals surface area contributed by atoms with E-state index in [0.717, 1.165) is 0 Å². The van der Waals surface area contributed by atoms with Crippen LogP contribution in [-0.2, 0) is 9.05 Å². The van der Waals surface area contributed by atoms with E-state index in [1.165, 1.54) is 0 Å². The molecule has 0 saturated heterocycles. The molecule has 2 unspecified atom stereocenters. The van der Waals surface area contributed by atoms with Gasteiger partial charge in [-0.3, -0.25) is 0 Å². The molecule has 0 bridgehead atoms. The van der Waals surface area contributed by atoms with Gasteiger partial charge in [-0.2, -0.15) is 0 Å². The van der Waals surface area contributed by atoms with Gasteiger partial charge in [0.2, 0.25) is 0 Å². The maximum absolute atomic E-state index is 4.57. The molecule has 0 saturated carbocycles. The van der Waals surface area contributed by atoms with Gasteiger partial charge in [0.25, 0.3) is 0 Å². The van der Waals surface area contributed by atoms with Crippen molar-refractivity contribution in [2.24, 2.45) is 0 Å². The molecule has 0 amide bonds. The van der Waals surface area contributed by atoms with E-state index in [-0.39, 0.29) is 6.29 Å². The Morgan fingerprint density at radius 1 is 1.33 bits per heavy atom. The van der Waals surface area contributed by atoms with E-state index in [0.29, 0.717) is 0 Å². The second-order valence-corrected chi connectivity index (χ2v) is 1.38. The maximum Gasteiger partial charge on any atom is 0.161 e. The first-order chi connectivity index (χ1) is 2.81. The van der Waals surface area contributed by atoms with E-state index in [4.69, 9.17) is 0 Å². The third-order valence-corrected chi connectivity index (χ3v) is 1.15. The molecule has 0 rings (SSSR count). The molecule has 0 aromatic rings. The predicted molar refractivity (Wildman–Crippen MR) is 31.1 cm³/mol. The van der Waals surface area contributed by atoms with Gasteiger partial charge in [-0.05, 0) is 6.92 Å². The highest BCUT2D eigenvalue weighted by Gasteiger charge is 1.88. The largest absolute Gasteiger partial charge is 0.337 e. The van der Waals surface area contributed by atoms with Crippen LogP contribution in [-0.4, -0.2) is 6.29 Å². The summed E-state index contributed by atoms with van der Waals surface area (Å²) in [6.07, 6.45) is -0.139. The van der Waals surface area contributed by atoms with Crippen LogP contribution in [0.15, 0.2) is 0 Å². The lowest BCUT2D eigenvalue weighted by atomic mass is 10.8. The SMILES string of the molecule is CC(OP)OP. The minimum absolute atomic E-state index is 0.139. The summed E-state index contributed by atoms with van der Waals surface area (Å²) in [5.41, 5.74) is 0. The zero-order chi connectivity index (χ0) is 4.99. The van der Waals surface area contributed by atoms with Crippen molar-refractivity contribution < 1.29 is 9.05 Å². The average molecular weight is 126 g/mol. The van der Waals surface area contributed by atoms with Gasteiger partial charge in [0, 0.05) is 18.9 Å². The Morgan fingerprint density at radius 3 is 1.67 bits per heavy atom. The minimum atomic E-state index is -0.139. The molecule has 0 aliphatic heterocycles. The second kappa shape index (κ2) is 3.95. The summed E-state index contributed by atoms with van der Waals surface area (Å²) in [4.78, 5) is 0. The van der Waals surface area contributed by atoms with Crippen molar-refractivity contribution in [3.63, 3.8) is 0 Å². The number of hydrogen-bond donors (Lipinski definition) is 0. The minimum Gasteiger partial charge on any atom is -0.337 e. The molecule has 0 aromatic heterocycles. The lowest BCUT2D eigenvalue weighted by Gasteiger charge is -2.02. The molecule has 0 aliphatic rings. The topological polar surface area (TPSA) is 18.5 Å². The lowest BCUT2D eigenvalue weighted by Crippen LogP contribution is -1.97. The molecule has 4 heteroatoms. The summed E-state index contributed by atoms with van der Waals surface area (Å²) in [7, 11) is 4.20. The Labute approximate surface area is 42.2 Å². The van der Waals surface area contributed by atoms with E-state index in [1.807, 2.05) is 0 Å². The van der Waals surface area contributed by atoms with Crippen LogP contribution in [0.2, 0.25) is 0 Å². The third-order valence-electron chi connectivity index (χ3n) is 0.383. The van der Waals surface area contributed by atoms with Crippen molar-refractivity contribution >= 4 is 18.9 Å². The van der Waals surface area contributed by atoms with E-state index in [2.05, 4.69) is 28.0 Å². The van der Waals surface area contributed by atoms with Crippen LogP contribution in [0.3, 0.4) is 0 Å². The van der Waals surface area contributed by atoms with Crippen molar-refractivity contribution in [3.05, 3.63) is 0 Å².